The Bertz CT molecular complexity index is 864. The minimum absolute atomic E-state index is 0.0927. The summed E-state index contributed by atoms with van der Waals surface area (Å²) in [6.45, 7) is 0.170. The molecule has 2 aromatic heterocycles. The van der Waals surface area contributed by atoms with Crippen LogP contribution in [0.25, 0.3) is 23.5 Å². The van der Waals surface area contributed by atoms with Gasteiger partial charge in [-0.25, -0.2) is 9.67 Å². The lowest BCUT2D eigenvalue weighted by Gasteiger charge is -2.03. The van der Waals surface area contributed by atoms with Crippen molar-refractivity contribution in [2.75, 3.05) is 5.32 Å². The van der Waals surface area contributed by atoms with Crippen LogP contribution in [0.4, 0.5) is 5.69 Å². The maximum atomic E-state index is 11.9. The Labute approximate surface area is 130 Å². The molecular weight excluding hydrogens is 296 g/mol. The number of thiophene rings is 1. The van der Waals surface area contributed by atoms with E-state index in [1.807, 2.05) is 53.9 Å². The Morgan fingerprint density at radius 2 is 2.09 bits per heavy atom. The molecular formula is C16H12N4OS. The molecule has 108 valence electrons. The SMILES string of the molecule is O=C1Cn2nc(/C=C/c3cccs3)nc2-c2ccccc2N1. The Hall–Kier alpha value is -2.73. The fourth-order valence-corrected chi connectivity index (χ4v) is 3.01. The largest absolute Gasteiger partial charge is 0.324 e. The smallest absolute Gasteiger partial charge is 0.246 e. The van der Waals surface area contributed by atoms with Crippen molar-refractivity contribution < 1.29 is 4.79 Å². The molecule has 22 heavy (non-hydrogen) atoms. The van der Waals surface area contributed by atoms with E-state index in [9.17, 15) is 4.79 Å². The molecule has 0 saturated heterocycles. The van der Waals surface area contributed by atoms with Gasteiger partial charge in [0.05, 0.1) is 5.69 Å². The molecule has 0 fully saturated rings. The van der Waals surface area contributed by atoms with Crippen LogP contribution in [0.15, 0.2) is 41.8 Å². The maximum Gasteiger partial charge on any atom is 0.246 e. The van der Waals surface area contributed by atoms with Crippen molar-refractivity contribution in [2.45, 2.75) is 6.54 Å². The Balaban J connectivity index is 1.77. The highest BCUT2D eigenvalue weighted by Gasteiger charge is 2.20. The van der Waals surface area contributed by atoms with Crippen molar-refractivity contribution in [2.24, 2.45) is 0 Å². The number of nitrogens with zero attached hydrogens (tertiary/aromatic N) is 3. The van der Waals surface area contributed by atoms with Crippen molar-refractivity contribution in [1.29, 1.82) is 0 Å². The number of benzene rings is 1. The van der Waals surface area contributed by atoms with Gasteiger partial charge in [0.15, 0.2) is 11.6 Å². The molecule has 6 heteroatoms. The lowest BCUT2D eigenvalue weighted by atomic mass is 10.1. The van der Waals surface area contributed by atoms with E-state index in [-0.39, 0.29) is 12.5 Å². The minimum atomic E-state index is -0.0927. The van der Waals surface area contributed by atoms with E-state index < -0.39 is 0 Å². The topological polar surface area (TPSA) is 59.8 Å². The Kier molecular flexibility index (Phi) is 3.08. The molecule has 0 saturated carbocycles. The summed E-state index contributed by atoms with van der Waals surface area (Å²) < 4.78 is 1.65. The highest BCUT2D eigenvalue weighted by Crippen LogP contribution is 2.29. The third-order valence-corrected chi connectivity index (χ3v) is 4.20. The number of hydrogen-bond donors (Lipinski definition) is 1. The van der Waals surface area contributed by atoms with Gasteiger partial charge < -0.3 is 5.32 Å². The second kappa shape index (κ2) is 5.23. The van der Waals surface area contributed by atoms with Gasteiger partial charge in [0.2, 0.25) is 5.91 Å². The van der Waals surface area contributed by atoms with Gasteiger partial charge in [-0.05, 0) is 35.7 Å². The average molecular weight is 308 g/mol. The van der Waals surface area contributed by atoms with Gasteiger partial charge >= 0.3 is 0 Å². The van der Waals surface area contributed by atoms with Crippen molar-refractivity contribution in [3.63, 3.8) is 0 Å². The van der Waals surface area contributed by atoms with Gasteiger partial charge in [-0.15, -0.1) is 11.3 Å². The zero-order valence-corrected chi connectivity index (χ0v) is 12.4. The summed E-state index contributed by atoms with van der Waals surface area (Å²) >= 11 is 1.66. The van der Waals surface area contributed by atoms with E-state index in [4.69, 9.17) is 0 Å². The molecule has 1 aromatic carbocycles. The number of fused-ring (bicyclic) bond motifs is 3. The fourth-order valence-electron chi connectivity index (χ4n) is 2.40. The molecule has 0 atom stereocenters. The van der Waals surface area contributed by atoms with Crippen LogP contribution in [0.2, 0.25) is 0 Å². The number of aromatic nitrogens is 3. The number of anilines is 1. The summed E-state index contributed by atoms with van der Waals surface area (Å²) in [5, 5.41) is 9.32. The zero-order chi connectivity index (χ0) is 14.9. The number of rotatable bonds is 2. The fraction of sp³-hybridized carbons (Fsp3) is 0.0625. The number of carbonyl (C=O) groups excluding carboxylic acids is 1. The minimum Gasteiger partial charge on any atom is -0.324 e. The molecule has 0 bridgehead atoms. The third-order valence-electron chi connectivity index (χ3n) is 3.36. The van der Waals surface area contributed by atoms with Gasteiger partial charge in [0, 0.05) is 10.4 Å². The lowest BCUT2D eigenvalue weighted by molar-refractivity contribution is -0.116. The van der Waals surface area contributed by atoms with Crippen LogP contribution in [0.1, 0.15) is 10.7 Å². The number of nitrogens with one attached hydrogen (secondary N) is 1. The third kappa shape index (κ3) is 2.33. The van der Waals surface area contributed by atoms with Gasteiger partial charge in [-0.3, -0.25) is 4.79 Å². The van der Waals surface area contributed by atoms with Crippen molar-refractivity contribution in [3.8, 4) is 11.4 Å². The molecule has 1 amide bonds. The van der Waals surface area contributed by atoms with Crippen LogP contribution in [-0.4, -0.2) is 20.7 Å². The monoisotopic (exact) mass is 308 g/mol. The first-order valence-electron chi connectivity index (χ1n) is 6.85. The van der Waals surface area contributed by atoms with Crippen LogP contribution in [-0.2, 0) is 11.3 Å². The standard InChI is InChI=1S/C16H12N4OS/c21-15-10-20-16(12-5-1-2-6-13(12)17-15)18-14(19-20)8-7-11-4-3-9-22-11/h1-9H,10H2,(H,17,21)/b8-7+. The molecule has 1 aliphatic rings. The van der Waals surface area contributed by atoms with E-state index in [1.165, 1.54) is 0 Å². The average Bonchev–Trinajstić information content (AvgIpc) is 3.13. The summed E-state index contributed by atoms with van der Waals surface area (Å²) in [7, 11) is 0. The van der Waals surface area contributed by atoms with E-state index >= 15 is 0 Å². The molecule has 0 spiro atoms. The Morgan fingerprint density at radius 1 is 1.18 bits per heavy atom. The Morgan fingerprint density at radius 3 is 2.95 bits per heavy atom. The first-order chi connectivity index (χ1) is 10.8. The highest BCUT2D eigenvalue weighted by molar-refractivity contribution is 7.10. The molecule has 5 nitrogen and oxygen atoms in total. The predicted octanol–water partition coefficient (Wildman–Crippen LogP) is 3.13. The van der Waals surface area contributed by atoms with Gasteiger partial charge in [-0.2, -0.15) is 5.10 Å². The first kappa shape index (κ1) is 13.0. The molecule has 4 rings (SSSR count). The summed E-state index contributed by atoms with van der Waals surface area (Å²) in [5.74, 6) is 1.22. The highest BCUT2D eigenvalue weighted by atomic mass is 32.1. The van der Waals surface area contributed by atoms with Crippen LogP contribution < -0.4 is 5.32 Å². The van der Waals surface area contributed by atoms with Gasteiger partial charge in [0.1, 0.15) is 6.54 Å². The normalized spacial score (nSPS) is 13.5. The molecule has 0 aliphatic carbocycles. The maximum absolute atomic E-state index is 11.9. The second-order valence-corrected chi connectivity index (χ2v) is 5.87. The van der Waals surface area contributed by atoms with Crippen LogP contribution >= 0.6 is 11.3 Å². The molecule has 0 radical (unpaired) electrons. The van der Waals surface area contributed by atoms with E-state index in [0.717, 1.165) is 16.1 Å². The van der Waals surface area contributed by atoms with Crippen LogP contribution in [0, 0.1) is 0 Å². The first-order valence-corrected chi connectivity index (χ1v) is 7.73. The van der Waals surface area contributed by atoms with Gasteiger partial charge in [0.25, 0.3) is 0 Å². The molecule has 1 aliphatic heterocycles. The van der Waals surface area contributed by atoms with E-state index in [0.29, 0.717) is 11.6 Å². The lowest BCUT2D eigenvalue weighted by Crippen LogP contribution is -2.17. The van der Waals surface area contributed by atoms with Crippen LogP contribution in [0.5, 0.6) is 0 Å². The molecule has 1 N–H and O–H groups in total. The number of amides is 1. The summed E-state index contributed by atoms with van der Waals surface area (Å²) in [6, 6.07) is 11.7. The van der Waals surface area contributed by atoms with Crippen molar-refractivity contribution in [1.82, 2.24) is 14.8 Å². The van der Waals surface area contributed by atoms with Crippen molar-refractivity contribution in [3.05, 3.63) is 52.5 Å². The summed E-state index contributed by atoms with van der Waals surface area (Å²) in [4.78, 5) is 17.7. The molecule has 0 unspecified atom stereocenters. The number of carbonyl (C=O) groups is 1. The molecule has 3 aromatic rings. The quantitative estimate of drug-likeness (QED) is 0.791. The summed E-state index contributed by atoms with van der Waals surface area (Å²) in [6.07, 6.45) is 3.85. The predicted molar refractivity (Wildman–Crippen MR) is 87.3 cm³/mol. The summed E-state index contributed by atoms with van der Waals surface area (Å²) in [5.41, 5.74) is 1.66. The second-order valence-electron chi connectivity index (χ2n) is 4.89. The van der Waals surface area contributed by atoms with Gasteiger partial charge in [-0.1, -0.05) is 18.2 Å². The van der Waals surface area contributed by atoms with E-state index in [2.05, 4.69) is 15.4 Å². The van der Waals surface area contributed by atoms with Crippen LogP contribution in [0.3, 0.4) is 0 Å². The molecule has 3 heterocycles. The number of para-hydroxylation sites is 1. The van der Waals surface area contributed by atoms with Crippen molar-refractivity contribution >= 4 is 35.1 Å². The zero-order valence-electron chi connectivity index (χ0n) is 11.6. The van der Waals surface area contributed by atoms with E-state index in [1.54, 1.807) is 16.0 Å². The number of hydrogen-bond acceptors (Lipinski definition) is 4.